The van der Waals surface area contributed by atoms with Crippen LogP contribution < -0.4 is 26.9 Å². The molecule has 0 aromatic heterocycles. The van der Waals surface area contributed by atoms with Crippen LogP contribution >= 0.6 is 11.8 Å². The second kappa shape index (κ2) is 22.9. The van der Waals surface area contributed by atoms with E-state index in [0.717, 1.165) is 37.6 Å². The van der Waals surface area contributed by atoms with Crippen molar-refractivity contribution in [2.75, 3.05) is 25.0 Å². The zero-order valence-electron chi connectivity index (χ0n) is 28.1. The molecule has 13 nitrogen and oxygen atoms in total. The Morgan fingerprint density at radius 1 is 1.06 bits per heavy atom. The maximum absolute atomic E-state index is 12.7. The molecule has 3 radical (unpaired) electrons. The van der Waals surface area contributed by atoms with Crippen LogP contribution in [0.3, 0.4) is 0 Å². The normalized spacial score (nSPS) is 14.7. The van der Waals surface area contributed by atoms with Gasteiger partial charge in [-0.05, 0) is 41.7 Å². The van der Waals surface area contributed by atoms with Gasteiger partial charge in [0.15, 0.2) is 0 Å². The molecule has 1 fully saturated rings. The van der Waals surface area contributed by atoms with E-state index in [1.807, 2.05) is 42.0 Å². The minimum absolute atomic E-state index is 0.00155. The molecule has 2 rings (SSSR count). The van der Waals surface area contributed by atoms with Gasteiger partial charge in [-0.2, -0.15) is 0 Å². The number of thioether (sulfide) groups is 1. The average Bonchev–Trinajstić information content (AvgIpc) is 3.26. The van der Waals surface area contributed by atoms with Crippen molar-refractivity contribution < 1.29 is 33.5 Å². The van der Waals surface area contributed by atoms with Crippen LogP contribution in [-0.4, -0.2) is 91.9 Å². The number of likely N-dealkylation sites (tertiary alicyclic amines) is 1. The molecule has 0 saturated carbocycles. The number of ether oxygens (including phenoxy) is 1. The summed E-state index contributed by atoms with van der Waals surface area (Å²) in [5, 5.41) is 11.0. The molecule has 1 aliphatic rings. The topological polar surface area (TPSA) is 189 Å². The van der Waals surface area contributed by atoms with Gasteiger partial charge in [-0.3, -0.25) is 28.9 Å². The Labute approximate surface area is 284 Å². The minimum Gasteiger partial charge on any atom is -0.470 e. The predicted octanol–water partition coefficient (Wildman–Crippen LogP) is 2.70. The maximum Gasteiger partial charge on any atom is 0.312 e. The molecule has 0 aliphatic carbocycles. The highest BCUT2D eigenvalue weighted by atomic mass is 32.2. The van der Waals surface area contributed by atoms with Gasteiger partial charge in [-0.25, -0.2) is 4.79 Å². The van der Waals surface area contributed by atoms with Gasteiger partial charge in [-0.1, -0.05) is 65.9 Å². The molecule has 47 heavy (non-hydrogen) atoms. The van der Waals surface area contributed by atoms with Gasteiger partial charge in [0.25, 0.3) is 0 Å². The Hall–Kier alpha value is -3.52. The molecule has 16 heteroatoms. The van der Waals surface area contributed by atoms with Crippen molar-refractivity contribution in [3.63, 3.8) is 0 Å². The van der Waals surface area contributed by atoms with Crippen LogP contribution in [0.1, 0.15) is 72.3 Å². The number of anilines is 1. The summed E-state index contributed by atoms with van der Waals surface area (Å²) in [7, 11) is 6.80. The van der Waals surface area contributed by atoms with Gasteiger partial charge in [0.05, 0.1) is 17.8 Å². The van der Waals surface area contributed by atoms with Crippen LogP contribution in [0.4, 0.5) is 15.3 Å². The highest BCUT2D eigenvalue weighted by molar-refractivity contribution is 8.01. The number of nitrogens with zero attached hydrogens (tertiary/aromatic N) is 1. The highest BCUT2D eigenvalue weighted by Crippen LogP contribution is 2.28. The monoisotopic (exact) mass is 671 g/mol. The largest absolute Gasteiger partial charge is 0.470 e. The third kappa shape index (κ3) is 17.8. The molecule has 0 spiro atoms. The third-order valence-corrected chi connectivity index (χ3v) is 7.95. The average molecular weight is 671 g/mol. The number of unbranched alkanes of at least 4 members (excludes halogenated alkanes) is 2. The first-order valence-electron chi connectivity index (χ1n) is 15.9. The van der Waals surface area contributed by atoms with Crippen LogP contribution in [0.25, 0.3) is 0 Å². The fraction of sp³-hybridized carbons (Fsp3) is 0.613. The summed E-state index contributed by atoms with van der Waals surface area (Å²) in [6, 6.07) is 5.78. The molecule has 257 valence electrons. The first-order chi connectivity index (χ1) is 22.2. The number of hydrogen-bond donors (Lipinski definition) is 5. The van der Waals surface area contributed by atoms with E-state index in [-0.39, 0.29) is 47.9 Å². The molecular formula is C31H49B2N6O7S. The summed E-state index contributed by atoms with van der Waals surface area (Å²) < 4.78 is 4.72. The lowest BCUT2D eigenvalue weighted by atomic mass is 9.83. The summed E-state index contributed by atoms with van der Waals surface area (Å²) in [5.74, 6) is -1.66. The summed E-state index contributed by atoms with van der Waals surface area (Å²) in [6.07, 6.45) is 4.42. The lowest BCUT2D eigenvalue weighted by Gasteiger charge is -2.21. The van der Waals surface area contributed by atoms with E-state index in [9.17, 15) is 28.8 Å². The van der Waals surface area contributed by atoms with Crippen molar-refractivity contribution in [3.8, 4) is 0 Å². The molecule has 2 unspecified atom stereocenters. The van der Waals surface area contributed by atoms with Crippen molar-refractivity contribution in [2.45, 2.75) is 96.2 Å². The lowest BCUT2D eigenvalue weighted by molar-refractivity contribution is -0.138. The number of rotatable bonds is 19. The highest BCUT2D eigenvalue weighted by Gasteiger charge is 2.38. The fourth-order valence-corrected chi connectivity index (χ4v) is 5.51. The van der Waals surface area contributed by atoms with E-state index in [1.165, 1.54) is 4.90 Å². The number of hydrogen-bond acceptors (Lipinski definition) is 9. The van der Waals surface area contributed by atoms with Gasteiger partial charge in [0.2, 0.25) is 44.8 Å². The quantitative estimate of drug-likeness (QED) is 0.0837. The Balaban J connectivity index is 0.00000141. The lowest BCUT2D eigenvalue weighted by Crippen LogP contribution is -2.50. The van der Waals surface area contributed by atoms with E-state index in [1.54, 1.807) is 36.0 Å². The van der Waals surface area contributed by atoms with E-state index >= 15 is 0 Å². The van der Waals surface area contributed by atoms with Crippen molar-refractivity contribution in [2.24, 2.45) is 11.7 Å². The van der Waals surface area contributed by atoms with Gasteiger partial charge < -0.3 is 31.6 Å². The van der Waals surface area contributed by atoms with Crippen molar-refractivity contribution >= 4 is 68.2 Å². The second-order valence-electron chi connectivity index (χ2n) is 11.6. The Morgan fingerprint density at radius 3 is 2.30 bits per heavy atom. The van der Waals surface area contributed by atoms with Crippen LogP contribution in [-0.2, 0) is 30.5 Å². The number of nitrogens with two attached hydrogens (primary N) is 1. The van der Waals surface area contributed by atoms with E-state index in [2.05, 4.69) is 21.2 Å². The van der Waals surface area contributed by atoms with E-state index < -0.39 is 17.9 Å². The molecule has 1 aliphatic heterocycles. The number of benzene rings is 1. The van der Waals surface area contributed by atoms with Gasteiger partial charge in [0.1, 0.15) is 6.61 Å². The molecule has 1 heterocycles. The van der Waals surface area contributed by atoms with Crippen LogP contribution in [0.5, 0.6) is 0 Å². The summed E-state index contributed by atoms with van der Waals surface area (Å²) in [4.78, 5) is 71.5. The number of carbonyl (C=O) groups is 6. The molecule has 1 aromatic rings. The first kappa shape index (κ1) is 41.5. The summed E-state index contributed by atoms with van der Waals surface area (Å²) in [5.41, 5.74) is 5.99. The van der Waals surface area contributed by atoms with Crippen LogP contribution in [0.2, 0.25) is 6.32 Å². The Bertz CT molecular complexity index is 1170. The molecule has 2 atom stereocenters. The Morgan fingerprint density at radius 2 is 1.74 bits per heavy atom. The van der Waals surface area contributed by atoms with Crippen LogP contribution in [0.15, 0.2) is 24.3 Å². The Kier molecular flexibility index (Phi) is 20.2. The number of nitrogens with one attached hydrogen (secondary N) is 4. The van der Waals surface area contributed by atoms with Crippen molar-refractivity contribution in [1.29, 1.82) is 0 Å². The predicted molar refractivity (Wildman–Crippen MR) is 186 cm³/mol. The van der Waals surface area contributed by atoms with Crippen molar-refractivity contribution in [3.05, 3.63) is 29.8 Å². The molecule has 1 saturated heterocycles. The third-order valence-electron chi connectivity index (χ3n) is 6.71. The van der Waals surface area contributed by atoms with Crippen LogP contribution in [0, 0.1) is 5.92 Å². The molecule has 1 aromatic carbocycles. The number of urea groups is 1. The minimum atomic E-state index is -0.861. The SMILES string of the molecule is CCCNC(N)=O.[B]C(=O)OCc1ccc(NC(=O)CNC(=O)C(N[B]CCCCCN2C(=O)CC(SC(C)C)C2=O)C(C)C)cc1. The summed E-state index contributed by atoms with van der Waals surface area (Å²) >= 11 is 1.55. The van der Waals surface area contributed by atoms with Gasteiger partial charge in [0, 0.05) is 25.2 Å². The number of carbonyl (C=O) groups excluding carboxylic acids is 6. The zero-order chi connectivity index (χ0) is 35.4. The first-order valence-corrected chi connectivity index (χ1v) is 16.9. The molecule has 6 amide bonds. The maximum atomic E-state index is 12.7. The molecule has 6 N–H and O–H groups in total. The standard InChI is InChI=1S/C27H39B2N4O6S.C4H10N2O/c1-17(2)24(25(36)30-15-22(34)31-20-10-8-19(9-11-20)16-39-27(28)38)32-29-12-6-5-7-13-33-23(35)14-21(26(33)37)40-18(3)4;1-2-3-6-4(5)7/h8-11,17-18,21,24,32H,5-7,12-16H2,1-4H3,(H,30,36)(H,31,34);2-3H2,1H3,(H3,5,6,7). The van der Waals surface area contributed by atoms with E-state index in [4.69, 9.17) is 18.3 Å². The second-order valence-corrected chi connectivity index (χ2v) is 13.3. The fourth-order valence-electron chi connectivity index (χ4n) is 4.37. The zero-order valence-corrected chi connectivity index (χ0v) is 29.0. The number of imide groups is 1. The van der Waals surface area contributed by atoms with Gasteiger partial charge in [-0.15, -0.1) is 11.8 Å². The molecular weight excluding hydrogens is 622 g/mol. The molecule has 0 bridgehead atoms. The smallest absolute Gasteiger partial charge is 0.312 e. The summed E-state index contributed by atoms with van der Waals surface area (Å²) in [6.45, 7) is 10.8. The van der Waals surface area contributed by atoms with E-state index in [0.29, 0.717) is 30.4 Å². The number of amides is 6. The van der Waals surface area contributed by atoms with Gasteiger partial charge >= 0.3 is 6.03 Å². The van der Waals surface area contributed by atoms with Crippen molar-refractivity contribution in [1.82, 2.24) is 20.8 Å². The number of primary amides is 1.